The van der Waals surface area contributed by atoms with E-state index in [0.717, 1.165) is 6.26 Å². The van der Waals surface area contributed by atoms with Crippen LogP contribution in [0.4, 0.5) is 17.3 Å². The molecule has 0 aliphatic carbocycles. The number of nitrogens with zero attached hydrogens (tertiary/aromatic N) is 3. The first kappa shape index (κ1) is 13.4. The normalized spacial score (nSPS) is 15.5. The molecule has 1 aliphatic heterocycles. The van der Waals surface area contributed by atoms with Gasteiger partial charge in [-0.1, -0.05) is 0 Å². The van der Waals surface area contributed by atoms with E-state index in [1.54, 1.807) is 5.32 Å². The second-order valence-electron chi connectivity index (χ2n) is 5.10. The molecule has 0 fully saturated rings. The average molecular weight is 367 g/mol. The lowest BCUT2D eigenvalue weighted by Crippen LogP contribution is -2.22. The van der Waals surface area contributed by atoms with Crippen LogP contribution >= 0.6 is 0 Å². The third-order valence-corrected chi connectivity index (χ3v) is 4.42. The number of sulfone groups is 1. The van der Waals surface area contributed by atoms with Crippen molar-refractivity contribution in [1.29, 1.82) is 0 Å². The quantitative estimate of drug-likeness (QED) is 0.691. The Hall–Kier alpha value is -2.95. The Labute approximate surface area is 148 Å². The van der Waals surface area contributed by atoms with E-state index in [9.17, 15) is 13.2 Å². The van der Waals surface area contributed by atoms with E-state index in [4.69, 9.17) is 8.85 Å². The maximum Gasteiger partial charge on any atom is 0.273 e. The minimum atomic E-state index is -3.71. The Kier molecular flexibility index (Phi) is 3.48. The van der Waals surface area contributed by atoms with Gasteiger partial charge >= 0.3 is 0 Å². The van der Waals surface area contributed by atoms with Crippen LogP contribution in [0.2, 0.25) is 0 Å². The second kappa shape index (κ2) is 6.51. The average Bonchev–Trinajstić information content (AvgIpc) is 2.59. The molecule has 0 unspecified atom stereocenters. The van der Waals surface area contributed by atoms with E-state index in [1.165, 1.54) is 18.3 Å². The van der Waals surface area contributed by atoms with E-state index in [0.29, 0.717) is 19.0 Å². The zero-order valence-electron chi connectivity index (χ0n) is 16.0. The van der Waals surface area contributed by atoms with Gasteiger partial charge in [0.2, 0.25) is 0 Å². The number of pyridine rings is 1. The summed E-state index contributed by atoms with van der Waals surface area (Å²) in [4.78, 5) is 16.3. The molecule has 3 heterocycles. The van der Waals surface area contributed by atoms with Gasteiger partial charge in [0.25, 0.3) is 5.91 Å². The number of nitrogens with one attached hydrogen (secondary N) is 3. The van der Waals surface area contributed by atoms with Crippen LogP contribution in [-0.2, 0) is 9.84 Å². The van der Waals surface area contributed by atoms with Crippen molar-refractivity contribution >= 4 is 33.1 Å². The molecule has 3 N–H and O–H groups in total. The van der Waals surface area contributed by atoms with Crippen molar-refractivity contribution in [2.45, 2.75) is 4.90 Å². The molecule has 25 heavy (non-hydrogen) atoms. The van der Waals surface area contributed by atoms with E-state index < -0.39 is 22.7 Å². The zero-order chi connectivity index (χ0) is 20.5. The lowest BCUT2D eigenvalue weighted by atomic mass is 10.3. The second-order valence-corrected chi connectivity index (χ2v) is 7.09. The fourth-order valence-electron chi connectivity index (χ4n) is 2.20. The molecule has 0 saturated carbocycles. The number of anilines is 3. The first-order chi connectivity index (χ1) is 13.0. The monoisotopic (exact) mass is 367 g/mol. The molecule has 0 bridgehead atoms. The van der Waals surface area contributed by atoms with E-state index >= 15 is 0 Å². The van der Waals surface area contributed by atoms with Crippen LogP contribution in [0.5, 0.6) is 5.75 Å². The molecule has 1 aliphatic rings. The summed E-state index contributed by atoms with van der Waals surface area (Å²) in [5, 5.41) is 14.7. The van der Waals surface area contributed by atoms with Gasteiger partial charge in [0.05, 0.1) is 18.4 Å². The summed E-state index contributed by atoms with van der Waals surface area (Å²) in [6.45, 7) is -1.88. The van der Waals surface area contributed by atoms with E-state index in [-0.39, 0.29) is 27.8 Å². The number of hydrogen-bond acceptors (Lipinski definition) is 9. The number of amides is 1. The molecule has 0 atom stereocenters. The molecule has 2 aromatic heterocycles. The third kappa shape index (κ3) is 3.45. The van der Waals surface area contributed by atoms with Crippen LogP contribution in [0.1, 0.15) is 14.6 Å². The molecule has 1 amide bonds. The van der Waals surface area contributed by atoms with Crippen LogP contribution in [0.25, 0.3) is 0 Å². The number of rotatable bonds is 4. The number of ether oxygens (including phenoxy) is 1. The van der Waals surface area contributed by atoms with Crippen molar-refractivity contribution in [2.24, 2.45) is 0 Å². The highest BCUT2D eigenvalue weighted by atomic mass is 32.2. The largest absolute Gasteiger partial charge is 0.488 e. The van der Waals surface area contributed by atoms with Gasteiger partial charge in [-0.05, 0) is 6.07 Å². The molecule has 0 radical (unpaired) electrons. The lowest BCUT2D eigenvalue weighted by Gasteiger charge is -2.21. The van der Waals surface area contributed by atoms with Gasteiger partial charge in [0.15, 0.2) is 32.9 Å². The third-order valence-electron chi connectivity index (χ3n) is 3.31. The van der Waals surface area contributed by atoms with Crippen molar-refractivity contribution in [3.8, 4) is 5.75 Å². The summed E-state index contributed by atoms with van der Waals surface area (Å²) in [5.74, 6) is -0.465. The predicted molar refractivity (Wildman–Crippen MR) is 90.0 cm³/mol. The van der Waals surface area contributed by atoms with Crippen molar-refractivity contribution in [3.63, 3.8) is 0 Å². The number of aromatic nitrogens is 3. The van der Waals surface area contributed by atoms with Gasteiger partial charge in [-0.2, -0.15) is 5.10 Å². The standard InChI is InChI=1S/C14H16N6O4S/c1-15-14(21)11-8(3-4-17-20-11)18-13-10(25(2,22)23)7-9-12(19-13)16-5-6-24-9/h3-4,7H,5-6H2,1-2H3,(H,15,21)(H2,16,17,18,19)/i1D3. The molecule has 11 heteroatoms. The van der Waals surface area contributed by atoms with Crippen LogP contribution in [-0.4, -0.2) is 55.9 Å². The first-order valence-corrected chi connectivity index (χ1v) is 8.97. The highest BCUT2D eigenvalue weighted by Crippen LogP contribution is 2.34. The molecule has 132 valence electrons. The number of fused-ring (bicyclic) bond motifs is 1. The molecular weight excluding hydrogens is 348 g/mol. The first-order valence-electron chi connectivity index (χ1n) is 8.57. The predicted octanol–water partition coefficient (Wildman–Crippen LogP) is 0.183. The summed E-state index contributed by atoms with van der Waals surface area (Å²) < 4.78 is 51.2. The Morgan fingerprint density at radius 1 is 1.48 bits per heavy atom. The smallest absolute Gasteiger partial charge is 0.273 e. The minimum absolute atomic E-state index is 0.0332. The van der Waals surface area contributed by atoms with Gasteiger partial charge in [-0.15, -0.1) is 5.10 Å². The molecule has 0 saturated heterocycles. The number of carbonyl (C=O) groups excluding carboxylic acids is 1. The summed E-state index contributed by atoms with van der Waals surface area (Å²) in [7, 11) is -3.71. The molecule has 0 aromatic carbocycles. The molecular formula is C14H16N6O4S. The Morgan fingerprint density at radius 2 is 2.32 bits per heavy atom. The van der Waals surface area contributed by atoms with Crippen LogP contribution in [0, 0.1) is 0 Å². The maximum atomic E-state index is 12.2. The van der Waals surface area contributed by atoms with Gasteiger partial charge in [0.1, 0.15) is 11.5 Å². The topological polar surface area (TPSA) is 135 Å². The van der Waals surface area contributed by atoms with Crippen LogP contribution in [0.15, 0.2) is 23.2 Å². The van der Waals surface area contributed by atoms with Gasteiger partial charge in [0, 0.05) is 23.4 Å². The van der Waals surface area contributed by atoms with Gasteiger partial charge < -0.3 is 20.7 Å². The van der Waals surface area contributed by atoms with Crippen molar-refractivity contribution < 1.29 is 22.1 Å². The fraction of sp³-hybridized carbons (Fsp3) is 0.286. The summed E-state index contributed by atoms with van der Waals surface area (Å²) >= 11 is 0. The van der Waals surface area contributed by atoms with Crippen LogP contribution in [0.3, 0.4) is 0 Å². The van der Waals surface area contributed by atoms with Crippen molar-refractivity contribution in [3.05, 3.63) is 24.0 Å². The summed E-state index contributed by atoms with van der Waals surface area (Å²) in [6.07, 6.45) is 2.26. The number of hydrogen-bond donors (Lipinski definition) is 3. The Balaban J connectivity index is 2.04. The summed E-state index contributed by atoms with van der Waals surface area (Å²) in [5.41, 5.74) is -0.298. The van der Waals surface area contributed by atoms with Crippen molar-refractivity contribution in [1.82, 2.24) is 20.5 Å². The van der Waals surface area contributed by atoms with E-state index in [2.05, 4.69) is 25.8 Å². The highest BCUT2D eigenvalue weighted by molar-refractivity contribution is 7.90. The highest BCUT2D eigenvalue weighted by Gasteiger charge is 2.23. The molecule has 0 spiro atoms. The SMILES string of the molecule is [2H]C([2H])([2H])NC(=O)c1nnccc1Nc1nc2c(cc1S(C)(=O)=O)OCCN2. The molecule has 3 rings (SSSR count). The lowest BCUT2D eigenvalue weighted by molar-refractivity contribution is 0.0958. The molecule has 10 nitrogen and oxygen atoms in total. The van der Waals surface area contributed by atoms with Crippen molar-refractivity contribution in [2.75, 3.05) is 37.0 Å². The Morgan fingerprint density at radius 3 is 3.08 bits per heavy atom. The maximum absolute atomic E-state index is 12.2. The zero-order valence-corrected chi connectivity index (χ0v) is 13.8. The fourth-order valence-corrected chi connectivity index (χ4v) is 2.97. The minimum Gasteiger partial charge on any atom is -0.488 e. The summed E-state index contributed by atoms with van der Waals surface area (Å²) in [6, 6.07) is 2.67. The Bertz CT molecular complexity index is 1030. The number of carbonyl (C=O) groups is 1. The van der Waals surface area contributed by atoms with Crippen LogP contribution < -0.4 is 20.7 Å². The van der Waals surface area contributed by atoms with Gasteiger partial charge in [-0.25, -0.2) is 13.4 Å². The molecule has 2 aromatic rings. The van der Waals surface area contributed by atoms with E-state index in [1.807, 2.05) is 0 Å². The van der Waals surface area contributed by atoms with Gasteiger partial charge in [-0.3, -0.25) is 4.79 Å².